The van der Waals surface area contributed by atoms with Crippen molar-refractivity contribution in [3.63, 3.8) is 0 Å². The molecule has 15 heavy (non-hydrogen) atoms. The molecule has 0 aliphatic rings. The molecule has 0 spiro atoms. The van der Waals surface area contributed by atoms with Crippen LogP contribution < -0.4 is 9.47 Å². The Morgan fingerprint density at radius 3 is 2.73 bits per heavy atom. The van der Waals surface area contributed by atoms with Crippen molar-refractivity contribution in [1.82, 2.24) is 9.36 Å². The van der Waals surface area contributed by atoms with Gasteiger partial charge in [-0.1, -0.05) is 6.07 Å². The quantitative estimate of drug-likeness (QED) is 0.800. The van der Waals surface area contributed by atoms with Gasteiger partial charge < -0.3 is 9.47 Å². The minimum Gasteiger partial charge on any atom is -0.497 e. The van der Waals surface area contributed by atoms with Crippen molar-refractivity contribution in [3.8, 4) is 16.7 Å². The van der Waals surface area contributed by atoms with Gasteiger partial charge in [0.05, 0.1) is 7.11 Å². The normalized spacial score (nSPS) is 10.0. The van der Waals surface area contributed by atoms with Crippen LogP contribution >= 0.6 is 11.5 Å². The molecule has 0 aliphatic heterocycles. The summed E-state index contributed by atoms with van der Waals surface area (Å²) in [5, 5.41) is 0.542. The Balaban J connectivity index is 2.16. The molecule has 1 aromatic heterocycles. The largest absolute Gasteiger partial charge is 0.497 e. The van der Waals surface area contributed by atoms with Crippen LogP contribution in [0.15, 0.2) is 24.3 Å². The van der Waals surface area contributed by atoms with Crippen LogP contribution in [0.25, 0.3) is 0 Å². The summed E-state index contributed by atoms with van der Waals surface area (Å²) in [4.78, 5) is 4.11. The summed E-state index contributed by atoms with van der Waals surface area (Å²) >= 11 is 1.23. The van der Waals surface area contributed by atoms with Crippen molar-refractivity contribution < 1.29 is 9.47 Å². The van der Waals surface area contributed by atoms with Gasteiger partial charge in [0, 0.05) is 17.6 Å². The highest BCUT2D eigenvalue weighted by molar-refractivity contribution is 7.07. The molecule has 0 bridgehead atoms. The predicted molar refractivity (Wildman–Crippen MR) is 57.7 cm³/mol. The average molecular weight is 222 g/mol. The van der Waals surface area contributed by atoms with Gasteiger partial charge >= 0.3 is 0 Å². The number of hydrogen-bond acceptors (Lipinski definition) is 5. The Labute approximate surface area is 91.7 Å². The summed E-state index contributed by atoms with van der Waals surface area (Å²) in [6.45, 7) is 1.83. The Bertz CT molecular complexity index is 456. The highest BCUT2D eigenvalue weighted by atomic mass is 32.1. The van der Waals surface area contributed by atoms with E-state index in [0.717, 1.165) is 11.6 Å². The van der Waals surface area contributed by atoms with Gasteiger partial charge in [-0.3, -0.25) is 0 Å². The molecule has 0 radical (unpaired) electrons. The Hall–Kier alpha value is -1.62. The zero-order chi connectivity index (χ0) is 10.7. The molecule has 0 unspecified atom stereocenters. The van der Waals surface area contributed by atoms with Crippen LogP contribution in [-0.2, 0) is 0 Å². The van der Waals surface area contributed by atoms with Gasteiger partial charge in [0.1, 0.15) is 17.3 Å². The van der Waals surface area contributed by atoms with E-state index in [1.807, 2.05) is 25.1 Å². The topological polar surface area (TPSA) is 44.2 Å². The molecule has 2 aromatic rings. The van der Waals surface area contributed by atoms with E-state index in [9.17, 15) is 0 Å². The van der Waals surface area contributed by atoms with Crippen molar-refractivity contribution in [2.24, 2.45) is 0 Å². The zero-order valence-electron chi connectivity index (χ0n) is 8.43. The molecule has 0 atom stereocenters. The average Bonchev–Trinajstić information content (AvgIpc) is 2.64. The standard InChI is InChI=1S/C10H10N2O2S/c1-7-11-10(15-12-7)14-9-5-3-4-8(6-9)13-2/h3-6H,1-2H3. The molecule has 0 aliphatic carbocycles. The fraction of sp³-hybridized carbons (Fsp3) is 0.200. The van der Waals surface area contributed by atoms with Gasteiger partial charge in [0.2, 0.25) is 0 Å². The summed E-state index contributed by atoms with van der Waals surface area (Å²) < 4.78 is 14.6. The summed E-state index contributed by atoms with van der Waals surface area (Å²) in [6.07, 6.45) is 0. The molecule has 4 nitrogen and oxygen atoms in total. The van der Waals surface area contributed by atoms with E-state index in [4.69, 9.17) is 9.47 Å². The molecule has 0 amide bonds. The molecule has 2 rings (SSSR count). The summed E-state index contributed by atoms with van der Waals surface area (Å²) in [6, 6.07) is 7.37. The maximum Gasteiger partial charge on any atom is 0.298 e. The maximum atomic E-state index is 5.51. The second-order valence-electron chi connectivity index (χ2n) is 2.89. The minimum absolute atomic E-state index is 0.542. The third-order valence-electron chi connectivity index (χ3n) is 1.76. The molecule has 5 heteroatoms. The minimum atomic E-state index is 0.542. The lowest BCUT2D eigenvalue weighted by Crippen LogP contribution is -1.86. The number of hydrogen-bond donors (Lipinski definition) is 0. The van der Waals surface area contributed by atoms with Crippen LogP contribution in [0.2, 0.25) is 0 Å². The highest BCUT2D eigenvalue weighted by Gasteiger charge is 2.03. The first-order valence-corrected chi connectivity index (χ1v) is 5.17. The van der Waals surface area contributed by atoms with Crippen molar-refractivity contribution in [2.45, 2.75) is 6.92 Å². The number of rotatable bonds is 3. The molecule has 1 heterocycles. The number of methoxy groups -OCH3 is 1. The summed E-state index contributed by atoms with van der Waals surface area (Å²) in [7, 11) is 1.62. The first-order chi connectivity index (χ1) is 7.28. The van der Waals surface area contributed by atoms with Crippen LogP contribution in [0.5, 0.6) is 16.7 Å². The lowest BCUT2D eigenvalue weighted by molar-refractivity contribution is 0.409. The Morgan fingerprint density at radius 1 is 1.27 bits per heavy atom. The number of aromatic nitrogens is 2. The second-order valence-corrected chi connectivity index (χ2v) is 3.60. The molecule has 0 fully saturated rings. The van der Waals surface area contributed by atoms with E-state index >= 15 is 0 Å². The maximum absolute atomic E-state index is 5.51. The van der Waals surface area contributed by atoms with Crippen LogP contribution in [0.4, 0.5) is 0 Å². The third kappa shape index (κ3) is 2.44. The second kappa shape index (κ2) is 4.27. The fourth-order valence-corrected chi connectivity index (χ4v) is 1.64. The van der Waals surface area contributed by atoms with Crippen LogP contribution in [0.3, 0.4) is 0 Å². The number of aryl methyl sites for hydroxylation is 1. The monoisotopic (exact) mass is 222 g/mol. The molecular weight excluding hydrogens is 212 g/mol. The van der Waals surface area contributed by atoms with E-state index in [0.29, 0.717) is 10.9 Å². The van der Waals surface area contributed by atoms with Crippen LogP contribution in [-0.4, -0.2) is 16.5 Å². The molecule has 0 N–H and O–H groups in total. The molecule has 0 saturated heterocycles. The lowest BCUT2D eigenvalue weighted by Gasteiger charge is -2.03. The van der Waals surface area contributed by atoms with E-state index < -0.39 is 0 Å². The number of ether oxygens (including phenoxy) is 2. The van der Waals surface area contributed by atoms with Crippen molar-refractivity contribution in [3.05, 3.63) is 30.1 Å². The highest BCUT2D eigenvalue weighted by Crippen LogP contribution is 2.25. The van der Waals surface area contributed by atoms with Crippen molar-refractivity contribution >= 4 is 11.5 Å². The SMILES string of the molecule is COc1cccc(Oc2nc(C)ns2)c1. The van der Waals surface area contributed by atoms with E-state index in [1.165, 1.54) is 11.5 Å². The van der Waals surface area contributed by atoms with Crippen molar-refractivity contribution in [1.29, 1.82) is 0 Å². The third-order valence-corrected chi connectivity index (χ3v) is 2.44. The van der Waals surface area contributed by atoms with Crippen LogP contribution in [0.1, 0.15) is 5.82 Å². The van der Waals surface area contributed by atoms with Gasteiger partial charge in [-0.05, 0) is 19.1 Å². The number of nitrogens with zero attached hydrogens (tertiary/aromatic N) is 2. The van der Waals surface area contributed by atoms with Crippen molar-refractivity contribution in [2.75, 3.05) is 7.11 Å². The van der Waals surface area contributed by atoms with Gasteiger partial charge in [-0.15, -0.1) is 0 Å². The smallest absolute Gasteiger partial charge is 0.298 e. The first-order valence-electron chi connectivity index (χ1n) is 4.40. The first kappa shape index (κ1) is 9.92. The van der Waals surface area contributed by atoms with E-state index in [2.05, 4.69) is 9.36 Å². The molecule has 1 aromatic carbocycles. The lowest BCUT2D eigenvalue weighted by atomic mass is 10.3. The molecule has 78 valence electrons. The Morgan fingerprint density at radius 2 is 2.07 bits per heavy atom. The van der Waals surface area contributed by atoms with Gasteiger partial charge in [-0.25, -0.2) is 0 Å². The summed E-state index contributed by atoms with van der Waals surface area (Å²) in [5.41, 5.74) is 0. The van der Waals surface area contributed by atoms with E-state index in [1.54, 1.807) is 13.2 Å². The van der Waals surface area contributed by atoms with Gasteiger partial charge in [0.15, 0.2) is 0 Å². The van der Waals surface area contributed by atoms with Crippen LogP contribution in [0, 0.1) is 6.92 Å². The molecule has 0 saturated carbocycles. The predicted octanol–water partition coefficient (Wildman–Crippen LogP) is 2.65. The summed E-state index contributed by atoms with van der Waals surface area (Å²) in [5.74, 6) is 2.18. The Kier molecular flexibility index (Phi) is 2.82. The zero-order valence-corrected chi connectivity index (χ0v) is 9.25. The molecular formula is C10H10N2O2S. The van der Waals surface area contributed by atoms with Gasteiger partial charge in [0.25, 0.3) is 5.19 Å². The fourth-order valence-electron chi connectivity index (χ4n) is 1.08. The van der Waals surface area contributed by atoms with Gasteiger partial charge in [-0.2, -0.15) is 9.36 Å². The number of benzene rings is 1. The van der Waals surface area contributed by atoms with E-state index in [-0.39, 0.29) is 0 Å².